The number of sulfonamides is 1. The van der Waals surface area contributed by atoms with Crippen molar-refractivity contribution < 1.29 is 17.2 Å². The summed E-state index contributed by atoms with van der Waals surface area (Å²) in [6.07, 6.45) is 2.16. The zero-order chi connectivity index (χ0) is 15.6. The minimum Gasteiger partial charge on any atom is -0.399 e. The fourth-order valence-corrected chi connectivity index (χ4v) is 3.69. The Morgan fingerprint density at radius 1 is 1.29 bits per heavy atom. The number of halogens is 2. The van der Waals surface area contributed by atoms with Crippen molar-refractivity contribution in [3.63, 3.8) is 0 Å². The lowest BCUT2D eigenvalue weighted by molar-refractivity contribution is 0.259. The van der Waals surface area contributed by atoms with E-state index in [0.717, 1.165) is 38.1 Å². The fourth-order valence-electron chi connectivity index (χ4n) is 2.45. The van der Waals surface area contributed by atoms with E-state index in [0.29, 0.717) is 0 Å². The van der Waals surface area contributed by atoms with Gasteiger partial charge >= 0.3 is 0 Å². The van der Waals surface area contributed by atoms with Crippen LogP contribution in [-0.4, -0.2) is 39.0 Å². The second kappa shape index (κ2) is 6.25. The second-order valence-corrected chi connectivity index (χ2v) is 6.96. The Hall–Kier alpha value is -1.25. The molecule has 1 aromatic carbocycles. The lowest BCUT2D eigenvalue weighted by Gasteiger charge is -2.23. The Bertz CT molecular complexity index is 593. The summed E-state index contributed by atoms with van der Waals surface area (Å²) in [5.41, 5.74) is 5.12. The molecule has 1 aliphatic rings. The summed E-state index contributed by atoms with van der Waals surface area (Å²) in [7, 11) is -4.25. The number of hydrogen-bond acceptors (Lipinski definition) is 4. The van der Waals surface area contributed by atoms with Crippen LogP contribution in [0.25, 0.3) is 0 Å². The van der Waals surface area contributed by atoms with E-state index in [-0.39, 0.29) is 18.3 Å². The van der Waals surface area contributed by atoms with Gasteiger partial charge in [0.15, 0.2) is 4.90 Å². The topological polar surface area (TPSA) is 75.4 Å². The molecule has 2 rings (SSSR count). The number of hydrogen-bond donors (Lipinski definition) is 2. The van der Waals surface area contributed by atoms with Crippen LogP contribution in [0.4, 0.5) is 14.5 Å². The normalized spacial score (nSPS) is 18.0. The minimum atomic E-state index is -4.25. The van der Waals surface area contributed by atoms with E-state index in [1.807, 2.05) is 6.92 Å². The zero-order valence-corrected chi connectivity index (χ0v) is 12.6. The Balaban J connectivity index is 2.11. The highest BCUT2D eigenvalue weighted by atomic mass is 32.2. The van der Waals surface area contributed by atoms with Gasteiger partial charge in [-0.2, -0.15) is 0 Å². The standard InChI is InChI=1S/C13H19F2N3O2S/c1-9(18-4-2-3-5-18)8-17-21(19,20)13-11(14)6-10(16)7-12(13)15/h6-7,9,17H,2-5,8,16H2,1H3. The van der Waals surface area contributed by atoms with Crippen LogP contribution in [0, 0.1) is 11.6 Å². The van der Waals surface area contributed by atoms with Crippen LogP contribution in [0.2, 0.25) is 0 Å². The molecule has 5 nitrogen and oxygen atoms in total. The van der Waals surface area contributed by atoms with Gasteiger partial charge in [-0.15, -0.1) is 0 Å². The summed E-state index contributed by atoms with van der Waals surface area (Å²) in [6, 6.07) is 1.56. The maximum absolute atomic E-state index is 13.7. The SMILES string of the molecule is CC(CNS(=O)(=O)c1c(F)cc(N)cc1F)N1CCCC1. The Morgan fingerprint density at radius 2 is 1.81 bits per heavy atom. The molecule has 0 aromatic heterocycles. The van der Waals surface area contributed by atoms with Crippen molar-refractivity contribution in [2.45, 2.75) is 30.7 Å². The van der Waals surface area contributed by atoms with E-state index >= 15 is 0 Å². The van der Waals surface area contributed by atoms with Crippen LogP contribution in [0.1, 0.15) is 19.8 Å². The average molecular weight is 319 g/mol. The molecule has 0 radical (unpaired) electrons. The monoisotopic (exact) mass is 319 g/mol. The van der Waals surface area contributed by atoms with Crippen molar-refractivity contribution in [1.29, 1.82) is 0 Å². The number of anilines is 1. The third-order valence-electron chi connectivity index (χ3n) is 3.62. The molecular weight excluding hydrogens is 300 g/mol. The van der Waals surface area contributed by atoms with Crippen molar-refractivity contribution >= 4 is 15.7 Å². The molecule has 1 unspecified atom stereocenters. The summed E-state index contributed by atoms with van der Waals surface area (Å²) in [6.45, 7) is 3.80. The number of nitrogens with zero attached hydrogens (tertiary/aromatic N) is 1. The Morgan fingerprint density at radius 3 is 2.33 bits per heavy atom. The minimum absolute atomic E-state index is 0.0258. The molecule has 0 saturated carbocycles. The number of nitrogens with one attached hydrogen (secondary N) is 1. The summed E-state index contributed by atoms with van der Waals surface area (Å²) >= 11 is 0. The first-order chi connectivity index (χ1) is 9.81. The molecule has 21 heavy (non-hydrogen) atoms. The number of benzene rings is 1. The van der Waals surface area contributed by atoms with Crippen molar-refractivity contribution in [2.24, 2.45) is 0 Å². The molecule has 8 heteroatoms. The molecule has 0 amide bonds. The lowest BCUT2D eigenvalue weighted by Crippen LogP contribution is -2.41. The maximum Gasteiger partial charge on any atom is 0.246 e. The maximum atomic E-state index is 13.7. The number of likely N-dealkylation sites (tertiary alicyclic amines) is 1. The van der Waals surface area contributed by atoms with Gasteiger partial charge in [-0.3, -0.25) is 4.90 Å². The third kappa shape index (κ3) is 3.69. The van der Waals surface area contributed by atoms with Gasteiger partial charge in [0.25, 0.3) is 0 Å². The quantitative estimate of drug-likeness (QED) is 0.803. The van der Waals surface area contributed by atoms with Gasteiger partial charge < -0.3 is 5.73 Å². The van der Waals surface area contributed by atoms with Gasteiger partial charge in [0.05, 0.1) is 0 Å². The fraction of sp³-hybridized carbons (Fsp3) is 0.538. The second-order valence-electron chi connectivity index (χ2n) is 5.26. The summed E-state index contributed by atoms with van der Waals surface area (Å²) < 4.78 is 53.7. The molecule has 0 bridgehead atoms. The molecule has 1 aliphatic heterocycles. The van der Waals surface area contributed by atoms with Gasteiger partial charge in [0.1, 0.15) is 11.6 Å². The summed E-state index contributed by atoms with van der Waals surface area (Å²) in [5.74, 6) is -2.37. The highest BCUT2D eigenvalue weighted by Crippen LogP contribution is 2.21. The highest BCUT2D eigenvalue weighted by Gasteiger charge is 2.26. The lowest BCUT2D eigenvalue weighted by atomic mass is 10.3. The van der Waals surface area contributed by atoms with Crippen LogP contribution in [0.5, 0.6) is 0 Å². The first-order valence-corrected chi connectivity index (χ1v) is 8.28. The predicted octanol–water partition coefficient (Wildman–Crippen LogP) is 1.31. The van der Waals surface area contributed by atoms with E-state index in [1.54, 1.807) is 0 Å². The molecule has 0 spiro atoms. The van der Waals surface area contributed by atoms with Crippen molar-refractivity contribution in [2.75, 3.05) is 25.4 Å². The van der Waals surface area contributed by atoms with Crippen molar-refractivity contribution in [1.82, 2.24) is 9.62 Å². The molecule has 1 fully saturated rings. The van der Waals surface area contributed by atoms with Gasteiger partial charge in [-0.05, 0) is 45.0 Å². The molecule has 1 saturated heterocycles. The van der Waals surface area contributed by atoms with Crippen molar-refractivity contribution in [3.05, 3.63) is 23.8 Å². The molecule has 0 aliphatic carbocycles. The van der Waals surface area contributed by atoms with E-state index in [2.05, 4.69) is 9.62 Å². The van der Waals surface area contributed by atoms with Gasteiger partial charge in [-0.1, -0.05) is 0 Å². The smallest absolute Gasteiger partial charge is 0.246 e. The largest absolute Gasteiger partial charge is 0.399 e. The van der Waals surface area contributed by atoms with Crippen LogP contribution >= 0.6 is 0 Å². The summed E-state index contributed by atoms with van der Waals surface area (Å²) in [4.78, 5) is 1.16. The molecular formula is C13H19F2N3O2S. The van der Waals surface area contributed by atoms with E-state index in [1.165, 1.54) is 0 Å². The molecule has 1 aromatic rings. The van der Waals surface area contributed by atoms with Gasteiger partial charge in [0.2, 0.25) is 10.0 Å². The van der Waals surface area contributed by atoms with Gasteiger partial charge in [-0.25, -0.2) is 21.9 Å². The zero-order valence-electron chi connectivity index (χ0n) is 11.8. The predicted molar refractivity (Wildman–Crippen MR) is 76.2 cm³/mol. The number of rotatable bonds is 5. The van der Waals surface area contributed by atoms with Crippen LogP contribution in [0.3, 0.4) is 0 Å². The summed E-state index contributed by atoms with van der Waals surface area (Å²) in [5, 5.41) is 0. The van der Waals surface area contributed by atoms with Gasteiger partial charge in [0, 0.05) is 18.3 Å². The number of nitrogens with two attached hydrogens (primary N) is 1. The Kier molecular flexibility index (Phi) is 4.80. The van der Waals surface area contributed by atoms with E-state index in [9.17, 15) is 17.2 Å². The molecule has 1 heterocycles. The van der Waals surface area contributed by atoms with Crippen LogP contribution in [0.15, 0.2) is 17.0 Å². The molecule has 118 valence electrons. The number of nitrogen functional groups attached to an aromatic ring is 1. The first kappa shape index (κ1) is 16.1. The first-order valence-electron chi connectivity index (χ1n) is 6.79. The van der Waals surface area contributed by atoms with Crippen LogP contribution in [-0.2, 0) is 10.0 Å². The van der Waals surface area contributed by atoms with E-state index < -0.39 is 26.6 Å². The molecule has 3 N–H and O–H groups in total. The third-order valence-corrected chi connectivity index (χ3v) is 5.10. The van der Waals surface area contributed by atoms with E-state index in [4.69, 9.17) is 5.73 Å². The highest BCUT2D eigenvalue weighted by molar-refractivity contribution is 7.89. The average Bonchev–Trinajstić information content (AvgIpc) is 2.88. The Labute approximate surface area is 123 Å². The van der Waals surface area contributed by atoms with Crippen molar-refractivity contribution in [3.8, 4) is 0 Å². The van der Waals surface area contributed by atoms with Crippen LogP contribution < -0.4 is 10.5 Å². The molecule has 1 atom stereocenters.